The molecule has 0 saturated carbocycles. The van der Waals surface area contributed by atoms with E-state index in [4.69, 9.17) is 9.47 Å². The predicted molar refractivity (Wildman–Crippen MR) is 159 cm³/mol. The smallest absolute Gasteiger partial charge is 0.329 e. The molecule has 1 fully saturated rings. The van der Waals surface area contributed by atoms with E-state index in [-0.39, 0.29) is 12.4 Å². The van der Waals surface area contributed by atoms with E-state index >= 15 is 0 Å². The van der Waals surface area contributed by atoms with Crippen LogP contribution >= 0.6 is 15.9 Å². The molecule has 40 heavy (non-hydrogen) atoms. The molecule has 2 aliphatic rings. The number of methoxy groups -OCH3 is 1. The SMILES string of the molecule is CCOC(=O)[C@@]1(C#N)[C@@H](c2ccc(N(C)C)cc2)[C@@H](C(=O)c2ccc(OC)c(Br)c2)N2c3ccccc3C=C[C@@H]21. The molecule has 0 spiro atoms. The molecule has 5 rings (SSSR count). The Morgan fingerprint density at radius 1 is 1.10 bits per heavy atom. The summed E-state index contributed by atoms with van der Waals surface area (Å²) in [5.41, 5.74) is 2.14. The van der Waals surface area contributed by atoms with E-state index in [1.165, 1.54) is 0 Å². The van der Waals surface area contributed by atoms with Crippen molar-refractivity contribution in [2.45, 2.75) is 24.9 Å². The molecule has 3 aromatic rings. The van der Waals surface area contributed by atoms with Gasteiger partial charge in [-0.15, -0.1) is 0 Å². The van der Waals surface area contributed by atoms with E-state index in [0.29, 0.717) is 21.3 Å². The van der Waals surface area contributed by atoms with Crippen molar-refractivity contribution in [2.75, 3.05) is 37.6 Å². The average Bonchev–Trinajstić information content (AvgIpc) is 3.28. The summed E-state index contributed by atoms with van der Waals surface area (Å²) in [5, 5.41) is 10.9. The minimum Gasteiger partial charge on any atom is -0.496 e. The van der Waals surface area contributed by atoms with Crippen molar-refractivity contribution >= 4 is 45.1 Å². The van der Waals surface area contributed by atoms with Gasteiger partial charge in [-0.2, -0.15) is 5.26 Å². The number of Topliss-reactive ketones (excluding diaryl/α,β-unsaturated/α-hetero) is 1. The zero-order valence-corrected chi connectivity index (χ0v) is 24.4. The second-order valence-electron chi connectivity index (χ2n) is 10.1. The number of rotatable bonds is 7. The van der Waals surface area contributed by atoms with Gasteiger partial charge in [0, 0.05) is 37.0 Å². The number of halogens is 1. The number of fused-ring (bicyclic) bond motifs is 3. The molecule has 0 aromatic heterocycles. The summed E-state index contributed by atoms with van der Waals surface area (Å²) in [7, 11) is 5.45. The summed E-state index contributed by atoms with van der Waals surface area (Å²) in [6, 6.07) is 21.4. The second kappa shape index (κ2) is 10.8. The molecule has 0 radical (unpaired) electrons. The van der Waals surface area contributed by atoms with Crippen LogP contribution in [0.1, 0.15) is 34.3 Å². The van der Waals surface area contributed by atoms with Gasteiger partial charge >= 0.3 is 5.97 Å². The Labute approximate surface area is 242 Å². The number of anilines is 2. The van der Waals surface area contributed by atoms with Crippen molar-refractivity contribution in [1.29, 1.82) is 5.26 Å². The third-order valence-electron chi connectivity index (χ3n) is 7.82. The summed E-state index contributed by atoms with van der Waals surface area (Å²) in [4.78, 5) is 32.4. The lowest BCUT2D eigenvalue weighted by molar-refractivity contribution is -0.152. The Morgan fingerprint density at radius 2 is 1.82 bits per heavy atom. The largest absolute Gasteiger partial charge is 0.496 e. The fourth-order valence-corrected chi connectivity index (χ4v) is 6.50. The first-order valence-corrected chi connectivity index (χ1v) is 13.9. The Kier molecular flexibility index (Phi) is 7.43. The zero-order valence-electron chi connectivity index (χ0n) is 22.8. The van der Waals surface area contributed by atoms with Gasteiger partial charge in [0.05, 0.1) is 30.3 Å². The quantitative estimate of drug-likeness (QED) is 0.249. The van der Waals surface area contributed by atoms with Crippen LogP contribution in [-0.2, 0) is 9.53 Å². The van der Waals surface area contributed by atoms with Crippen molar-refractivity contribution < 1.29 is 19.1 Å². The molecule has 4 atom stereocenters. The Bertz CT molecular complexity index is 1530. The Balaban J connectivity index is 1.78. The highest BCUT2D eigenvalue weighted by Crippen LogP contribution is 2.56. The molecule has 0 bridgehead atoms. The van der Waals surface area contributed by atoms with E-state index in [1.54, 1.807) is 32.2 Å². The van der Waals surface area contributed by atoms with Crippen LogP contribution in [0.4, 0.5) is 11.4 Å². The molecule has 1 saturated heterocycles. The van der Waals surface area contributed by atoms with Gasteiger partial charge in [0.1, 0.15) is 11.8 Å². The van der Waals surface area contributed by atoms with E-state index in [1.807, 2.05) is 84.6 Å². The molecule has 0 amide bonds. The highest BCUT2D eigenvalue weighted by Gasteiger charge is 2.67. The van der Waals surface area contributed by atoms with Crippen LogP contribution in [-0.4, -0.2) is 51.6 Å². The first-order valence-electron chi connectivity index (χ1n) is 13.1. The fourth-order valence-electron chi connectivity index (χ4n) is 5.96. The predicted octanol–water partition coefficient (Wildman–Crippen LogP) is 5.85. The van der Waals surface area contributed by atoms with Gasteiger partial charge in [0.15, 0.2) is 11.2 Å². The third kappa shape index (κ3) is 4.25. The number of nitriles is 1. The Morgan fingerprint density at radius 3 is 2.45 bits per heavy atom. The number of esters is 1. The number of hydrogen-bond donors (Lipinski definition) is 0. The molecule has 2 aliphatic heterocycles. The molecule has 2 heterocycles. The van der Waals surface area contributed by atoms with Gasteiger partial charge in [-0.3, -0.25) is 9.59 Å². The summed E-state index contributed by atoms with van der Waals surface area (Å²) in [6.45, 7) is 1.84. The fraction of sp³-hybridized carbons (Fsp3) is 0.281. The maximum absolute atomic E-state index is 14.6. The molecule has 204 valence electrons. The first kappa shape index (κ1) is 27.5. The number of hydrogen-bond acceptors (Lipinski definition) is 7. The van der Waals surface area contributed by atoms with Crippen molar-refractivity contribution in [3.63, 3.8) is 0 Å². The molecule has 0 N–H and O–H groups in total. The molecular formula is C32H30BrN3O4. The van der Waals surface area contributed by atoms with Crippen molar-refractivity contribution in [2.24, 2.45) is 5.41 Å². The number of ketones is 1. The third-order valence-corrected chi connectivity index (χ3v) is 8.44. The van der Waals surface area contributed by atoms with Crippen LogP contribution < -0.4 is 14.5 Å². The summed E-state index contributed by atoms with van der Waals surface area (Å²) >= 11 is 3.51. The van der Waals surface area contributed by atoms with Gasteiger partial charge in [0.25, 0.3) is 0 Å². The highest BCUT2D eigenvalue weighted by atomic mass is 79.9. The van der Waals surface area contributed by atoms with Crippen LogP contribution in [0.2, 0.25) is 0 Å². The zero-order chi connectivity index (χ0) is 28.6. The molecule has 0 aliphatic carbocycles. The number of ether oxygens (including phenoxy) is 2. The van der Waals surface area contributed by atoms with E-state index < -0.39 is 29.4 Å². The normalized spacial score (nSPS) is 22.6. The molecule has 7 nitrogen and oxygen atoms in total. The number of nitrogens with zero attached hydrogens (tertiary/aromatic N) is 3. The van der Waals surface area contributed by atoms with E-state index in [2.05, 4.69) is 22.0 Å². The van der Waals surface area contributed by atoms with Crippen LogP contribution in [0.15, 0.2) is 77.3 Å². The maximum atomic E-state index is 14.6. The lowest BCUT2D eigenvalue weighted by Crippen LogP contribution is -2.47. The second-order valence-corrected chi connectivity index (χ2v) is 10.9. The lowest BCUT2D eigenvalue weighted by atomic mass is 9.68. The van der Waals surface area contributed by atoms with E-state index in [0.717, 1.165) is 16.9 Å². The molecule has 0 unspecified atom stereocenters. The molecule has 3 aromatic carbocycles. The van der Waals surface area contributed by atoms with Crippen LogP contribution in [0.5, 0.6) is 5.75 Å². The minimum absolute atomic E-state index is 0.117. The van der Waals surface area contributed by atoms with Crippen LogP contribution in [0, 0.1) is 16.7 Å². The van der Waals surface area contributed by atoms with Gasteiger partial charge < -0.3 is 19.3 Å². The standard InChI is InChI=1S/C32H30BrN3O4/c1-5-40-31(38)32(19-34)27-17-13-20-8-6-7-9-25(20)36(27)29(28(32)21-10-14-23(15-11-21)35(2)3)30(37)22-12-16-26(39-4)24(33)18-22/h6-18,27-29H,5H2,1-4H3/t27-,28+,29+,32-/m1/s1. The molecule has 8 heteroatoms. The van der Waals surface area contributed by atoms with Crippen molar-refractivity contribution in [1.82, 2.24) is 0 Å². The van der Waals surface area contributed by atoms with Crippen LogP contribution in [0.3, 0.4) is 0 Å². The summed E-state index contributed by atoms with van der Waals surface area (Å²) in [6.07, 6.45) is 3.78. The Hall–Kier alpha value is -4.09. The summed E-state index contributed by atoms with van der Waals surface area (Å²) < 4.78 is 11.6. The number of benzene rings is 3. The topological polar surface area (TPSA) is 82.9 Å². The lowest BCUT2D eigenvalue weighted by Gasteiger charge is -2.36. The van der Waals surface area contributed by atoms with Crippen molar-refractivity contribution in [3.05, 3.63) is 94.0 Å². The summed E-state index contributed by atoms with van der Waals surface area (Å²) in [5.74, 6) is -1.06. The van der Waals surface area contributed by atoms with Crippen molar-refractivity contribution in [3.8, 4) is 11.8 Å². The first-order chi connectivity index (χ1) is 19.3. The van der Waals surface area contributed by atoms with Gasteiger partial charge in [-0.05, 0) is 70.4 Å². The number of carbonyl (C=O) groups is 2. The van der Waals surface area contributed by atoms with Gasteiger partial charge in [-0.1, -0.05) is 42.5 Å². The van der Waals surface area contributed by atoms with Gasteiger partial charge in [-0.25, -0.2) is 0 Å². The van der Waals surface area contributed by atoms with E-state index in [9.17, 15) is 14.9 Å². The minimum atomic E-state index is -1.68. The highest BCUT2D eigenvalue weighted by molar-refractivity contribution is 9.10. The average molecular weight is 601 g/mol. The molecular weight excluding hydrogens is 570 g/mol. The number of carbonyl (C=O) groups excluding carboxylic acids is 2. The van der Waals surface area contributed by atoms with Crippen LogP contribution in [0.25, 0.3) is 6.08 Å². The van der Waals surface area contributed by atoms with Gasteiger partial charge in [0.2, 0.25) is 0 Å². The maximum Gasteiger partial charge on any atom is 0.329 e. The number of para-hydroxylation sites is 1. The monoisotopic (exact) mass is 599 g/mol.